The lowest BCUT2D eigenvalue weighted by Crippen LogP contribution is -1.98. The van der Waals surface area contributed by atoms with Crippen LogP contribution in [0.4, 0.5) is 0 Å². The quantitative estimate of drug-likeness (QED) is 0.817. The van der Waals surface area contributed by atoms with Crippen LogP contribution in [0.2, 0.25) is 0 Å². The SMILES string of the molecule is COc1cc(OC)c2c(C(=O)O)n[nH]c2c1. The van der Waals surface area contributed by atoms with E-state index in [2.05, 4.69) is 10.2 Å². The average molecular weight is 222 g/mol. The van der Waals surface area contributed by atoms with Crippen molar-refractivity contribution in [3.63, 3.8) is 0 Å². The van der Waals surface area contributed by atoms with Crippen LogP contribution in [0.3, 0.4) is 0 Å². The van der Waals surface area contributed by atoms with E-state index in [1.54, 1.807) is 12.1 Å². The van der Waals surface area contributed by atoms with Gasteiger partial charge in [0.2, 0.25) is 0 Å². The van der Waals surface area contributed by atoms with E-state index in [1.807, 2.05) is 0 Å². The molecule has 16 heavy (non-hydrogen) atoms. The van der Waals surface area contributed by atoms with Crippen molar-refractivity contribution in [2.24, 2.45) is 0 Å². The van der Waals surface area contributed by atoms with E-state index in [0.29, 0.717) is 22.4 Å². The molecule has 0 amide bonds. The minimum Gasteiger partial charge on any atom is -0.497 e. The standard InChI is InChI=1S/C10H10N2O4/c1-15-5-3-6-8(7(4-5)16-2)9(10(13)14)12-11-6/h3-4H,1-2H3,(H,11,12)(H,13,14). The number of nitrogens with zero attached hydrogens (tertiary/aromatic N) is 1. The Morgan fingerprint density at radius 2 is 2.12 bits per heavy atom. The zero-order valence-corrected chi connectivity index (χ0v) is 8.77. The fourth-order valence-electron chi connectivity index (χ4n) is 1.53. The zero-order chi connectivity index (χ0) is 11.7. The largest absolute Gasteiger partial charge is 0.497 e. The molecule has 0 atom stereocenters. The molecule has 1 heterocycles. The van der Waals surface area contributed by atoms with Crippen molar-refractivity contribution in [1.29, 1.82) is 0 Å². The van der Waals surface area contributed by atoms with Crippen LogP contribution in [-0.4, -0.2) is 35.5 Å². The number of methoxy groups -OCH3 is 2. The van der Waals surface area contributed by atoms with Crippen molar-refractivity contribution in [3.8, 4) is 11.5 Å². The van der Waals surface area contributed by atoms with Crippen molar-refractivity contribution >= 4 is 16.9 Å². The van der Waals surface area contributed by atoms with Gasteiger partial charge in [-0.25, -0.2) is 4.79 Å². The molecule has 2 rings (SSSR count). The summed E-state index contributed by atoms with van der Waals surface area (Å²) in [6.07, 6.45) is 0. The number of aromatic carboxylic acids is 1. The fourth-order valence-corrected chi connectivity index (χ4v) is 1.53. The second-order valence-electron chi connectivity index (χ2n) is 3.13. The van der Waals surface area contributed by atoms with E-state index in [1.165, 1.54) is 14.2 Å². The van der Waals surface area contributed by atoms with Crippen molar-refractivity contribution in [3.05, 3.63) is 17.8 Å². The van der Waals surface area contributed by atoms with Gasteiger partial charge in [-0.05, 0) is 0 Å². The third-order valence-corrected chi connectivity index (χ3v) is 2.26. The Labute approximate surface area is 90.8 Å². The van der Waals surface area contributed by atoms with Gasteiger partial charge in [-0.15, -0.1) is 0 Å². The minimum absolute atomic E-state index is 0.0606. The van der Waals surface area contributed by atoms with Crippen LogP contribution in [0.5, 0.6) is 11.5 Å². The zero-order valence-electron chi connectivity index (χ0n) is 8.77. The number of carboxylic acids is 1. The maximum absolute atomic E-state index is 10.9. The van der Waals surface area contributed by atoms with E-state index in [0.717, 1.165) is 0 Å². The molecule has 1 aromatic heterocycles. The molecule has 84 valence electrons. The highest BCUT2D eigenvalue weighted by Crippen LogP contribution is 2.32. The van der Waals surface area contributed by atoms with Gasteiger partial charge in [0.1, 0.15) is 11.5 Å². The Balaban J connectivity index is 2.77. The summed E-state index contributed by atoms with van der Waals surface area (Å²) in [5.41, 5.74) is 0.503. The van der Waals surface area contributed by atoms with Crippen LogP contribution in [0.15, 0.2) is 12.1 Å². The topological polar surface area (TPSA) is 84.4 Å². The molecule has 0 aliphatic rings. The maximum Gasteiger partial charge on any atom is 0.357 e. The van der Waals surface area contributed by atoms with Crippen LogP contribution in [-0.2, 0) is 0 Å². The number of rotatable bonds is 3. The molecule has 0 spiro atoms. The number of benzene rings is 1. The number of aromatic amines is 1. The second kappa shape index (κ2) is 3.73. The molecule has 0 aliphatic heterocycles. The van der Waals surface area contributed by atoms with Gasteiger partial charge in [0.25, 0.3) is 0 Å². The Hall–Kier alpha value is -2.24. The summed E-state index contributed by atoms with van der Waals surface area (Å²) in [7, 11) is 2.99. The van der Waals surface area contributed by atoms with Crippen molar-refractivity contribution in [2.45, 2.75) is 0 Å². The van der Waals surface area contributed by atoms with Gasteiger partial charge in [-0.2, -0.15) is 5.10 Å². The average Bonchev–Trinajstić information content (AvgIpc) is 2.71. The predicted octanol–water partition coefficient (Wildman–Crippen LogP) is 1.28. The first-order valence-electron chi connectivity index (χ1n) is 4.50. The third-order valence-electron chi connectivity index (χ3n) is 2.26. The lowest BCUT2D eigenvalue weighted by molar-refractivity contribution is 0.0692. The first kappa shape index (κ1) is 10.3. The van der Waals surface area contributed by atoms with E-state index in [4.69, 9.17) is 14.6 Å². The van der Waals surface area contributed by atoms with Gasteiger partial charge in [0.05, 0.1) is 25.1 Å². The molecule has 0 saturated carbocycles. The van der Waals surface area contributed by atoms with Crippen LogP contribution in [0.25, 0.3) is 10.9 Å². The summed E-state index contributed by atoms with van der Waals surface area (Å²) in [4.78, 5) is 10.9. The van der Waals surface area contributed by atoms with Crippen molar-refractivity contribution < 1.29 is 19.4 Å². The molecule has 0 saturated heterocycles. The number of hydrogen-bond acceptors (Lipinski definition) is 4. The number of fused-ring (bicyclic) bond motifs is 1. The summed E-state index contributed by atoms with van der Waals surface area (Å²) >= 11 is 0. The number of carbonyl (C=O) groups is 1. The lowest BCUT2D eigenvalue weighted by atomic mass is 10.2. The number of aromatic nitrogens is 2. The number of hydrogen-bond donors (Lipinski definition) is 2. The molecule has 2 N–H and O–H groups in total. The van der Waals surface area contributed by atoms with Crippen LogP contribution < -0.4 is 9.47 Å². The first-order valence-corrected chi connectivity index (χ1v) is 4.50. The molecule has 0 fully saturated rings. The van der Waals surface area contributed by atoms with Gasteiger partial charge in [-0.3, -0.25) is 5.10 Å². The van der Waals surface area contributed by atoms with Gasteiger partial charge < -0.3 is 14.6 Å². The summed E-state index contributed by atoms with van der Waals surface area (Å²) in [6, 6.07) is 3.28. The van der Waals surface area contributed by atoms with Crippen LogP contribution >= 0.6 is 0 Å². The van der Waals surface area contributed by atoms with E-state index in [-0.39, 0.29) is 5.69 Å². The Kier molecular flexibility index (Phi) is 2.40. The molecule has 0 bridgehead atoms. The molecule has 1 aromatic carbocycles. The van der Waals surface area contributed by atoms with Gasteiger partial charge in [0, 0.05) is 12.1 Å². The normalized spacial score (nSPS) is 10.4. The first-order chi connectivity index (χ1) is 7.67. The van der Waals surface area contributed by atoms with Crippen molar-refractivity contribution in [1.82, 2.24) is 10.2 Å². The van der Waals surface area contributed by atoms with Gasteiger partial charge in [0.15, 0.2) is 5.69 Å². The molecule has 0 aliphatic carbocycles. The van der Waals surface area contributed by atoms with E-state index >= 15 is 0 Å². The summed E-state index contributed by atoms with van der Waals surface area (Å²) in [6.45, 7) is 0. The maximum atomic E-state index is 10.9. The van der Waals surface area contributed by atoms with Crippen LogP contribution in [0.1, 0.15) is 10.5 Å². The highest BCUT2D eigenvalue weighted by molar-refractivity contribution is 6.04. The monoisotopic (exact) mass is 222 g/mol. The second-order valence-corrected chi connectivity index (χ2v) is 3.13. The van der Waals surface area contributed by atoms with Gasteiger partial charge in [-0.1, -0.05) is 0 Å². The van der Waals surface area contributed by atoms with Crippen molar-refractivity contribution in [2.75, 3.05) is 14.2 Å². The Morgan fingerprint density at radius 3 is 2.69 bits per heavy atom. The summed E-state index contributed by atoms with van der Waals surface area (Å²) in [5, 5.41) is 15.7. The van der Waals surface area contributed by atoms with E-state index < -0.39 is 5.97 Å². The summed E-state index contributed by atoms with van der Waals surface area (Å²) < 4.78 is 10.2. The molecule has 2 aromatic rings. The molecule has 0 unspecified atom stereocenters. The molecule has 6 nitrogen and oxygen atoms in total. The van der Waals surface area contributed by atoms with E-state index in [9.17, 15) is 4.79 Å². The Morgan fingerprint density at radius 1 is 1.38 bits per heavy atom. The molecule has 6 heteroatoms. The lowest BCUT2D eigenvalue weighted by Gasteiger charge is -2.05. The molecule has 0 radical (unpaired) electrons. The Bertz CT molecular complexity index is 547. The predicted molar refractivity (Wildman–Crippen MR) is 56.2 cm³/mol. The molecular formula is C10H10N2O4. The number of nitrogens with one attached hydrogen (secondary N) is 1. The van der Waals surface area contributed by atoms with Crippen LogP contribution in [0, 0.1) is 0 Å². The number of H-pyrrole nitrogens is 1. The highest BCUT2D eigenvalue weighted by atomic mass is 16.5. The summed E-state index contributed by atoms with van der Waals surface area (Å²) in [5.74, 6) is -0.111. The number of ether oxygens (including phenoxy) is 2. The van der Waals surface area contributed by atoms with Gasteiger partial charge >= 0.3 is 5.97 Å². The third kappa shape index (κ3) is 1.44. The number of carboxylic acid groups (broad SMARTS) is 1. The molecular weight excluding hydrogens is 212 g/mol. The minimum atomic E-state index is -1.10. The smallest absolute Gasteiger partial charge is 0.357 e. The highest BCUT2D eigenvalue weighted by Gasteiger charge is 2.17. The fraction of sp³-hybridized carbons (Fsp3) is 0.200.